The summed E-state index contributed by atoms with van der Waals surface area (Å²) in [4.78, 5) is 6.76. The van der Waals surface area contributed by atoms with Crippen LogP contribution in [0.2, 0.25) is 0 Å². The van der Waals surface area contributed by atoms with Gasteiger partial charge in [-0.05, 0) is 31.5 Å². The molecule has 100 valence electrons. The molecule has 3 nitrogen and oxygen atoms in total. The van der Waals surface area contributed by atoms with E-state index in [0.29, 0.717) is 6.04 Å². The first-order valence-corrected chi connectivity index (χ1v) is 7.13. The van der Waals surface area contributed by atoms with Gasteiger partial charge in [0.2, 0.25) is 0 Å². The Morgan fingerprint density at radius 1 is 1.28 bits per heavy atom. The normalized spacial score (nSPS) is 25.1. The molecule has 1 fully saturated rings. The monoisotopic (exact) mass is 248 g/mol. The maximum absolute atomic E-state index is 10.3. The number of aromatic nitrogens is 1. The van der Waals surface area contributed by atoms with E-state index in [0.717, 1.165) is 31.6 Å². The van der Waals surface area contributed by atoms with Gasteiger partial charge in [-0.2, -0.15) is 0 Å². The Morgan fingerprint density at radius 2 is 2.11 bits per heavy atom. The summed E-state index contributed by atoms with van der Waals surface area (Å²) < 4.78 is 0. The van der Waals surface area contributed by atoms with Crippen molar-refractivity contribution in [3.63, 3.8) is 0 Å². The van der Waals surface area contributed by atoms with Gasteiger partial charge in [0.25, 0.3) is 0 Å². The molecule has 3 heteroatoms. The summed E-state index contributed by atoms with van der Waals surface area (Å²) in [5, 5.41) is 10.3. The lowest BCUT2D eigenvalue weighted by atomic mass is 10.0. The molecular weight excluding hydrogens is 224 g/mol. The first-order chi connectivity index (χ1) is 8.81. The van der Waals surface area contributed by atoms with E-state index in [2.05, 4.69) is 22.9 Å². The molecule has 0 bridgehead atoms. The molecule has 1 heterocycles. The van der Waals surface area contributed by atoms with Crippen molar-refractivity contribution < 1.29 is 5.11 Å². The van der Waals surface area contributed by atoms with Crippen LogP contribution >= 0.6 is 0 Å². The van der Waals surface area contributed by atoms with E-state index in [9.17, 15) is 5.11 Å². The molecule has 0 aromatic carbocycles. The van der Waals surface area contributed by atoms with Gasteiger partial charge in [-0.3, -0.25) is 9.88 Å². The van der Waals surface area contributed by atoms with E-state index < -0.39 is 0 Å². The van der Waals surface area contributed by atoms with E-state index in [1.165, 1.54) is 19.3 Å². The molecular formula is C15H24N2O. The molecule has 2 rings (SSSR count). The van der Waals surface area contributed by atoms with Gasteiger partial charge in [0, 0.05) is 18.8 Å². The first-order valence-electron chi connectivity index (χ1n) is 7.13. The lowest BCUT2D eigenvalue weighted by Crippen LogP contribution is -2.42. The molecule has 0 spiro atoms. The maximum Gasteiger partial charge on any atom is 0.0695 e. The standard InChI is InChI=1S/C15H24N2O/c1-2-17(12-13-8-6-7-11-16-13)14-9-4-3-5-10-15(14)18/h6-8,11,14-15,18H,2-5,9-10,12H2,1H3. The number of pyridine rings is 1. The lowest BCUT2D eigenvalue weighted by Gasteiger charge is -2.32. The van der Waals surface area contributed by atoms with Crippen molar-refractivity contribution in [2.75, 3.05) is 6.54 Å². The number of hydrogen-bond acceptors (Lipinski definition) is 3. The topological polar surface area (TPSA) is 36.4 Å². The van der Waals surface area contributed by atoms with Crippen molar-refractivity contribution in [2.45, 2.75) is 57.7 Å². The number of likely N-dealkylation sites (N-methyl/N-ethyl adjacent to an activating group) is 1. The predicted molar refractivity (Wildman–Crippen MR) is 73.2 cm³/mol. The largest absolute Gasteiger partial charge is 0.391 e. The van der Waals surface area contributed by atoms with Crippen molar-refractivity contribution >= 4 is 0 Å². The smallest absolute Gasteiger partial charge is 0.0695 e. The summed E-state index contributed by atoms with van der Waals surface area (Å²) >= 11 is 0. The summed E-state index contributed by atoms with van der Waals surface area (Å²) in [6, 6.07) is 6.34. The zero-order valence-electron chi connectivity index (χ0n) is 11.3. The third-order valence-corrected chi connectivity index (χ3v) is 3.91. The molecule has 1 aliphatic carbocycles. The third kappa shape index (κ3) is 3.53. The predicted octanol–water partition coefficient (Wildman–Crippen LogP) is 2.60. The minimum atomic E-state index is -0.170. The molecule has 1 aromatic heterocycles. The van der Waals surface area contributed by atoms with Crippen LogP contribution in [0.25, 0.3) is 0 Å². The second-order valence-electron chi connectivity index (χ2n) is 5.16. The third-order valence-electron chi connectivity index (χ3n) is 3.91. The SMILES string of the molecule is CCN(Cc1ccccn1)C1CCCCCC1O. The Balaban J connectivity index is 2.02. The van der Waals surface area contributed by atoms with Gasteiger partial charge in [0.1, 0.15) is 0 Å². The molecule has 2 atom stereocenters. The van der Waals surface area contributed by atoms with Gasteiger partial charge in [-0.1, -0.05) is 32.3 Å². The number of nitrogens with zero attached hydrogens (tertiary/aromatic N) is 2. The number of aliphatic hydroxyl groups excluding tert-OH is 1. The average molecular weight is 248 g/mol. The Morgan fingerprint density at radius 3 is 2.83 bits per heavy atom. The summed E-state index contributed by atoms with van der Waals surface area (Å²) in [6.45, 7) is 3.98. The van der Waals surface area contributed by atoms with Crippen molar-refractivity contribution in [3.05, 3.63) is 30.1 Å². The molecule has 0 aliphatic heterocycles. The quantitative estimate of drug-likeness (QED) is 0.832. The highest BCUT2D eigenvalue weighted by atomic mass is 16.3. The van der Waals surface area contributed by atoms with E-state index in [4.69, 9.17) is 0 Å². The highest BCUT2D eigenvalue weighted by Crippen LogP contribution is 2.23. The maximum atomic E-state index is 10.3. The highest BCUT2D eigenvalue weighted by molar-refractivity contribution is 5.03. The van der Waals surface area contributed by atoms with E-state index in [1.54, 1.807) is 0 Å². The van der Waals surface area contributed by atoms with Gasteiger partial charge < -0.3 is 5.11 Å². The van der Waals surface area contributed by atoms with E-state index in [1.807, 2.05) is 18.3 Å². The van der Waals surface area contributed by atoms with E-state index in [-0.39, 0.29) is 6.10 Å². The van der Waals surface area contributed by atoms with Crippen LogP contribution in [0, 0.1) is 0 Å². The van der Waals surface area contributed by atoms with Crippen LogP contribution in [0.3, 0.4) is 0 Å². The minimum Gasteiger partial charge on any atom is -0.391 e. The van der Waals surface area contributed by atoms with Crippen LogP contribution in [-0.2, 0) is 6.54 Å². The Bertz CT molecular complexity index is 342. The summed E-state index contributed by atoms with van der Waals surface area (Å²) in [5.74, 6) is 0. The molecule has 0 amide bonds. The summed E-state index contributed by atoms with van der Waals surface area (Å²) in [7, 11) is 0. The van der Waals surface area contributed by atoms with Gasteiger partial charge in [0.15, 0.2) is 0 Å². The zero-order valence-corrected chi connectivity index (χ0v) is 11.3. The Kier molecular flexibility index (Phi) is 5.14. The highest BCUT2D eigenvalue weighted by Gasteiger charge is 2.26. The van der Waals surface area contributed by atoms with Crippen molar-refractivity contribution in [3.8, 4) is 0 Å². The van der Waals surface area contributed by atoms with Crippen LogP contribution in [0.5, 0.6) is 0 Å². The fraction of sp³-hybridized carbons (Fsp3) is 0.667. The summed E-state index contributed by atoms with van der Waals surface area (Å²) in [5.41, 5.74) is 1.09. The van der Waals surface area contributed by atoms with Crippen molar-refractivity contribution in [1.82, 2.24) is 9.88 Å². The zero-order chi connectivity index (χ0) is 12.8. The van der Waals surface area contributed by atoms with Gasteiger partial charge in [-0.25, -0.2) is 0 Å². The van der Waals surface area contributed by atoms with Crippen molar-refractivity contribution in [1.29, 1.82) is 0 Å². The Labute approximate surface area is 110 Å². The fourth-order valence-electron chi connectivity index (χ4n) is 2.86. The van der Waals surface area contributed by atoms with Crippen molar-refractivity contribution in [2.24, 2.45) is 0 Å². The van der Waals surface area contributed by atoms with Gasteiger partial charge >= 0.3 is 0 Å². The van der Waals surface area contributed by atoms with Crippen LogP contribution < -0.4 is 0 Å². The van der Waals surface area contributed by atoms with Crippen LogP contribution in [-0.4, -0.2) is 33.7 Å². The van der Waals surface area contributed by atoms with E-state index >= 15 is 0 Å². The average Bonchev–Trinajstić information content (AvgIpc) is 2.62. The Hall–Kier alpha value is -0.930. The minimum absolute atomic E-state index is 0.170. The van der Waals surface area contributed by atoms with Crippen LogP contribution in [0.15, 0.2) is 24.4 Å². The molecule has 1 N–H and O–H groups in total. The lowest BCUT2D eigenvalue weighted by molar-refractivity contribution is 0.0418. The molecule has 1 saturated carbocycles. The molecule has 1 aromatic rings. The number of aliphatic hydroxyl groups is 1. The van der Waals surface area contributed by atoms with Gasteiger partial charge in [-0.15, -0.1) is 0 Å². The molecule has 0 radical (unpaired) electrons. The van der Waals surface area contributed by atoms with Crippen LogP contribution in [0.1, 0.15) is 44.7 Å². The second-order valence-corrected chi connectivity index (χ2v) is 5.16. The molecule has 0 saturated heterocycles. The number of hydrogen-bond donors (Lipinski definition) is 1. The molecule has 2 unspecified atom stereocenters. The second kappa shape index (κ2) is 6.86. The molecule has 1 aliphatic rings. The summed E-state index contributed by atoms with van der Waals surface area (Å²) in [6.07, 6.45) is 7.39. The number of rotatable bonds is 4. The van der Waals surface area contributed by atoms with Gasteiger partial charge in [0.05, 0.1) is 11.8 Å². The first kappa shape index (κ1) is 13.5. The molecule has 18 heavy (non-hydrogen) atoms. The fourth-order valence-corrected chi connectivity index (χ4v) is 2.86. The van der Waals surface area contributed by atoms with Crippen LogP contribution in [0.4, 0.5) is 0 Å².